The highest BCUT2D eigenvalue weighted by molar-refractivity contribution is 9.10. The van der Waals surface area contributed by atoms with Crippen LogP contribution in [-0.4, -0.2) is 34.7 Å². The number of piperazine rings is 1. The zero-order chi connectivity index (χ0) is 19.4. The van der Waals surface area contributed by atoms with E-state index >= 15 is 0 Å². The highest BCUT2D eigenvalue weighted by atomic mass is 79.9. The van der Waals surface area contributed by atoms with Crippen molar-refractivity contribution in [3.63, 3.8) is 0 Å². The van der Waals surface area contributed by atoms with Gasteiger partial charge >= 0.3 is 11.8 Å². The van der Waals surface area contributed by atoms with Gasteiger partial charge < -0.3 is 5.32 Å². The summed E-state index contributed by atoms with van der Waals surface area (Å²) in [7, 11) is 0. The second-order valence-corrected chi connectivity index (χ2v) is 7.43. The fraction of sp³-hybridized carbons (Fsp3) is 0.190. The molecule has 0 unspecified atom stereocenters. The van der Waals surface area contributed by atoms with Crippen molar-refractivity contribution >= 4 is 33.7 Å². The largest absolute Gasteiger partial charge is 0.333 e. The van der Waals surface area contributed by atoms with Crippen LogP contribution in [0, 0.1) is 0 Å². The molecule has 5 nitrogen and oxygen atoms in total. The lowest BCUT2D eigenvalue weighted by molar-refractivity contribution is -0.161. The van der Waals surface area contributed by atoms with E-state index in [9.17, 15) is 14.4 Å². The van der Waals surface area contributed by atoms with Gasteiger partial charge in [-0.15, -0.1) is 6.58 Å². The van der Waals surface area contributed by atoms with Gasteiger partial charge in [0.2, 0.25) is 0 Å². The minimum atomic E-state index is -1.23. The summed E-state index contributed by atoms with van der Waals surface area (Å²) in [6.45, 7) is 3.59. The highest BCUT2D eigenvalue weighted by Gasteiger charge is 2.50. The lowest BCUT2D eigenvalue weighted by Gasteiger charge is -2.41. The second-order valence-electron chi connectivity index (χ2n) is 6.51. The van der Waals surface area contributed by atoms with Crippen LogP contribution in [0.2, 0.25) is 0 Å². The summed E-state index contributed by atoms with van der Waals surface area (Å²) in [6.07, 6.45) is 2.01. The molecule has 6 heteroatoms. The van der Waals surface area contributed by atoms with E-state index in [1.54, 1.807) is 0 Å². The van der Waals surface area contributed by atoms with E-state index in [0.717, 1.165) is 20.5 Å². The van der Waals surface area contributed by atoms with Gasteiger partial charge in [0.25, 0.3) is 5.91 Å². The first kappa shape index (κ1) is 19.0. The van der Waals surface area contributed by atoms with Gasteiger partial charge in [-0.1, -0.05) is 64.5 Å². The Kier molecular flexibility index (Phi) is 5.56. The maximum absolute atomic E-state index is 13.3. The topological polar surface area (TPSA) is 66.5 Å². The molecule has 0 radical (unpaired) electrons. The molecule has 1 fully saturated rings. The minimum Gasteiger partial charge on any atom is -0.333 e. The number of benzene rings is 2. The Labute approximate surface area is 166 Å². The third kappa shape index (κ3) is 4.01. The molecule has 0 spiro atoms. The highest BCUT2D eigenvalue weighted by Crippen LogP contribution is 2.26. The Morgan fingerprint density at radius 2 is 1.56 bits per heavy atom. The fourth-order valence-corrected chi connectivity index (χ4v) is 3.55. The Hall–Kier alpha value is -2.73. The van der Waals surface area contributed by atoms with Crippen molar-refractivity contribution in [3.8, 4) is 0 Å². The van der Waals surface area contributed by atoms with Crippen LogP contribution in [-0.2, 0) is 27.2 Å². The fourth-order valence-electron chi connectivity index (χ4n) is 3.29. The molecule has 3 rings (SSSR count). The summed E-state index contributed by atoms with van der Waals surface area (Å²) in [5.74, 6) is -2.04. The number of halogens is 1. The third-order valence-corrected chi connectivity index (χ3v) is 5.05. The van der Waals surface area contributed by atoms with Crippen LogP contribution in [0.1, 0.15) is 11.1 Å². The number of nitrogens with zero attached hydrogens (tertiary/aromatic N) is 1. The standard InChI is InChI=1S/C21H19BrN2O3/c1-2-12-24-19(26)18(25)23-21(20(24)27,13-15-6-4-3-5-7-15)14-16-8-10-17(22)11-9-16/h2-11H,1,12-14H2,(H,23,25)/t21-/m1/s1. The van der Waals surface area contributed by atoms with Crippen molar-refractivity contribution in [3.05, 3.63) is 82.9 Å². The van der Waals surface area contributed by atoms with E-state index in [-0.39, 0.29) is 19.4 Å². The molecule has 1 heterocycles. The summed E-state index contributed by atoms with van der Waals surface area (Å²) in [5, 5.41) is 2.70. The van der Waals surface area contributed by atoms with Gasteiger partial charge in [-0.05, 0) is 23.3 Å². The van der Waals surface area contributed by atoms with Crippen molar-refractivity contribution in [2.75, 3.05) is 6.54 Å². The molecule has 1 aliphatic heterocycles. The van der Waals surface area contributed by atoms with Gasteiger partial charge in [0, 0.05) is 23.9 Å². The quantitative estimate of drug-likeness (QED) is 0.438. The smallest absolute Gasteiger partial charge is 0.318 e. The molecular weight excluding hydrogens is 408 g/mol. The van der Waals surface area contributed by atoms with Crippen LogP contribution in [0.3, 0.4) is 0 Å². The number of imide groups is 1. The molecule has 1 atom stereocenters. The second kappa shape index (κ2) is 7.88. The van der Waals surface area contributed by atoms with Gasteiger partial charge in [-0.2, -0.15) is 0 Å². The van der Waals surface area contributed by atoms with Crippen molar-refractivity contribution < 1.29 is 14.4 Å². The number of hydrogen-bond donors (Lipinski definition) is 1. The molecule has 0 aliphatic carbocycles. The Bertz CT molecular complexity index is 880. The van der Waals surface area contributed by atoms with Gasteiger partial charge in [0.15, 0.2) is 0 Å². The Balaban J connectivity index is 2.03. The van der Waals surface area contributed by atoms with Crippen LogP contribution in [0.5, 0.6) is 0 Å². The predicted molar refractivity (Wildman–Crippen MR) is 106 cm³/mol. The van der Waals surface area contributed by atoms with Crippen LogP contribution >= 0.6 is 15.9 Å². The molecule has 27 heavy (non-hydrogen) atoms. The molecular formula is C21H19BrN2O3. The molecule has 2 aromatic carbocycles. The molecule has 1 N–H and O–H groups in total. The molecule has 2 aromatic rings. The zero-order valence-electron chi connectivity index (χ0n) is 14.7. The first-order valence-corrected chi connectivity index (χ1v) is 9.32. The van der Waals surface area contributed by atoms with E-state index in [1.165, 1.54) is 6.08 Å². The van der Waals surface area contributed by atoms with Crippen LogP contribution < -0.4 is 5.32 Å². The van der Waals surface area contributed by atoms with E-state index < -0.39 is 23.3 Å². The summed E-state index contributed by atoms with van der Waals surface area (Å²) in [4.78, 5) is 38.9. The SMILES string of the molecule is C=CCN1C(=O)C(=O)N[C@](Cc2ccccc2)(Cc2ccc(Br)cc2)C1=O. The zero-order valence-corrected chi connectivity index (χ0v) is 16.2. The van der Waals surface area contributed by atoms with Crippen LogP contribution in [0.25, 0.3) is 0 Å². The lowest BCUT2D eigenvalue weighted by atomic mass is 9.81. The van der Waals surface area contributed by atoms with Gasteiger partial charge in [-0.25, -0.2) is 0 Å². The number of nitrogens with one attached hydrogen (secondary N) is 1. The van der Waals surface area contributed by atoms with Gasteiger partial charge in [0.1, 0.15) is 5.54 Å². The lowest BCUT2D eigenvalue weighted by Crippen LogP contribution is -2.70. The van der Waals surface area contributed by atoms with Crippen LogP contribution in [0.4, 0.5) is 0 Å². The van der Waals surface area contributed by atoms with Crippen LogP contribution in [0.15, 0.2) is 71.7 Å². The van der Waals surface area contributed by atoms with Gasteiger partial charge in [-0.3, -0.25) is 19.3 Å². The molecule has 0 saturated carbocycles. The van der Waals surface area contributed by atoms with Crippen molar-refractivity contribution in [1.82, 2.24) is 10.2 Å². The van der Waals surface area contributed by atoms with E-state index in [4.69, 9.17) is 0 Å². The maximum atomic E-state index is 13.3. The monoisotopic (exact) mass is 426 g/mol. The van der Waals surface area contributed by atoms with Crippen molar-refractivity contribution in [1.29, 1.82) is 0 Å². The summed E-state index contributed by atoms with van der Waals surface area (Å²) in [5.41, 5.74) is 0.551. The first-order chi connectivity index (χ1) is 12.9. The molecule has 0 aromatic heterocycles. The first-order valence-electron chi connectivity index (χ1n) is 8.53. The summed E-state index contributed by atoms with van der Waals surface area (Å²) >= 11 is 3.40. The Morgan fingerprint density at radius 1 is 0.963 bits per heavy atom. The number of hydrogen-bond acceptors (Lipinski definition) is 3. The van der Waals surface area contributed by atoms with E-state index in [1.807, 2.05) is 54.6 Å². The van der Waals surface area contributed by atoms with Crippen molar-refractivity contribution in [2.45, 2.75) is 18.4 Å². The molecule has 138 valence electrons. The maximum Gasteiger partial charge on any atom is 0.318 e. The van der Waals surface area contributed by atoms with Crippen molar-refractivity contribution in [2.24, 2.45) is 0 Å². The molecule has 3 amide bonds. The number of rotatable bonds is 6. The minimum absolute atomic E-state index is 0.00195. The molecule has 1 saturated heterocycles. The average Bonchev–Trinajstić information content (AvgIpc) is 2.66. The molecule has 1 aliphatic rings. The number of carbonyl (C=O) groups excluding carboxylic acids is 3. The third-order valence-electron chi connectivity index (χ3n) is 4.53. The number of carbonyl (C=O) groups is 3. The Morgan fingerprint density at radius 3 is 2.15 bits per heavy atom. The average molecular weight is 427 g/mol. The summed E-state index contributed by atoms with van der Waals surface area (Å²) in [6, 6.07) is 17.0. The predicted octanol–water partition coefficient (Wildman–Crippen LogP) is 2.64. The molecule has 0 bridgehead atoms. The summed E-state index contributed by atoms with van der Waals surface area (Å²) < 4.78 is 0.922. The van der Waals surface area contributed by atoms with E-state index in [2.05, 4.69) is 27.8 Å². The number of amides is 3. The van der Waals surface area contributed by atoms with E-state index in [0.29, 0.717) is 0 Å². The van der Waals surface area contributed by atoms with Gasteiger partial charge in [0.05, 0.1) is 0 Å². The normalized spacial score (nSPS) is 19.7.